The fourth-order valence-corrected chi connectivity index (χ4v) is 3.36. The lowest BCUT2D eigenvalue weighted by atomic mass is 10.0. The summed E-state index contributed by atoms with van der Waals surface area (Å²) in [6, 6.07) is 9.67. The van der Waals surface area contributed by atoms with E-state index in [4.69, 9.17) is 4.74 Å². The van der Waals surface area contributed by atoms with Crippen molar-refractivity contribution in [1.82, 2.24) is 20.0 Å². The van der Waals surface area contributed by atoms with Crippen LogP contribution in [0.1, 0.15) is 61.0 Å². The number of carbonyl (C=O) groups is 2. The minimum atomic E-state index is -0.558. The smallest absolute Gasteiger partial charge is 0.410 e. The lowest BCUT2D eigenvalue weighted by molar-refractivity contribution is 0.0222. The molecule has 3 rings (SSSR count). The summed E-state index contributed by atoms with van der Waals surface area (Å²) in [5.41, 5.74) is 2.61. The molecule has 0 saturated heterocycles. The number of amides is 2. The van der Waals surface area contributed by atoms with Crippen molar-refractivity contribution in [2.45, 2.75) is 52.3 Å². The summed E-state index contributed by atoms with van der Waals surface area (Å²) in [5, 5.41) is 7.54. The fourth-order valence-electron chi connectivity index (χ4n) is 3.36. The van der Waals surface area contributed by atoms with Gasteiger partial charge in [-0.25, -0.2) is 4.79 Å². The molecule has 0 radical (unpaired) electrons. The molecular formula is C21H28N4O3. The van der Waals surface area contributed by atoms with Gasteiger partial charge >= 0.3 is 6.09 Å². The van der Waals surface area contributed by atoms with Crippen molar-refractivity contribution in [1.29, 1.82) is 0 Å². The molecule has 150 valence electrons. The summed E-state index contributed by atoms with van der Waals surface area (Å²) < 4.78 is 7.09. The van der Waals surface area contributed by atoms with Crippen molar-refractivity contribution in [3.63, 3.8) is 0 Å². The number of hydrogen-bond donors (Lipinski definition) is 1. The number of benzene rings is 1. The van der Waals surface area contributed by atoms with Crippen molar-refractivity contribution < 1.29 is 14.3 Å². The average molecular weight is 384 g/mol. The van der Waals surface area contributed by atoms with Gasteiger partial charge < -0.3 is 15.0 Å². The van der Waals surface area contributed by atoms with Crippen LogP contribution in [0.3, 0.4) is 0 Å². The Labute approximate surface area is 165 Å². The molecule has 28 heavy (non-hydrogen) atoms. The Bertz CT molecular complexity index is 868. The second-order valence-electron chi connectivity index (χ2n) is 8.16. The zero-order valence-electron chi connectivity index (χ0n) is 17.2. The lowest BCUT2D eigenvalue weighted by Gasteiger charge is -2.30. The second-order valence-corrected chi connectivity index (χ2v) is 8.16. The van der Waals surface area contributed by atoms with Gasteiger partial charge in [-0.3, -0.25) is 9.48 Å². The Kier molecular flexibility index (Phi) is 5.45. The number of aryl methyl sites for hydroxylation is 1. The quantitative estimate of drug-likeness (QED) is 0.882. The van der Waals surface area contributed by atoms with Crippen LogP contribution in [0.4, 0.5) is 4.79 Å². The molecule has 0 spiro atoms. The van der Waals surface area contributed by atoms with Crippen LogP contribution in [0, 0.1) is 0 Å². The van der Waals surface area contributed by atoms with Crippen LogP contribution in [0.5, 0.6) is 0 Å². The highest BCUT2D eigenvalue weighted by Crippen LogP contribution is 2.24. The maximum Gasteiger partial charge on any atom is 0.410 e. The predicted molar refractivity (Wildman–Crippen MR) is 106 cm³/mol. The van der Waals surface area contributed by atoms with Crippen molar-refractivity contribution in [2.24, 2.45) is 7.05 Å². The molecule has 2 amide bonds. The SMILES string of the molecule is CC(NC(=O)c1c2c(nn1C)CCN(C(=O)OC(C)(C)C)C2)c1ccccc1. The van der Waals surface area contributed by atoms with Gasteiger partial charge in [0, 0.05) is 25.6 Å². The largest absolute Gasteiger partial charge is 0.444 e. The Hall–Kier alpha value is -2.83. The maximum atomic E-state index is 13.0. The summed E-state index contributed by atoms with van der Waals surface area (Å²) in [7, 11) is 1.76. The molecule has 0 saturated carbocycles. The van der Waals surface area contributed by atoms with E-state index in [9.17, 15) is 9.59 Å². The molecule has 0 aliphatic carbocycles. The van der Waals surface area contributed by atoms with Gasteiger partial charge in [0.1, 0.15) is 11.3 Å². The molecule has 2 aromatic rings. The average Bonchev–Trinajstić information content (AvgIpc) is 2.95. The van der Waals surface area contributed by atoms with Crippen molar-refractivity contribution in [2.75, 3.05) is 6.54 Å². The molecule has 1 aromatic carbocycles. The van der Waals surface area contributed by atoms with Crippen molar-refractivity contribution in [3.05, 3.63) is 52.8 Å². The Balaban J connectivity index is 1.78. The van der Waals surface area contributed by atoms with E-state index >= 15 is 0 Å². The Morgan fingerprint density at radius 1 is 1.21 bits per heavy atom. The third-order valence-electron chi connectivity index (χ3n) is 4.71. The molecule has 0 fully saturated rings. The topological polar surface area (TPSA) is 76.5 Å². The van der Waals surface area contributed by atoms with Crippen LogP contribution in [-0.2, 0) is 24.8 Å². The molecule has 1 unspecified atom stereocenters. The molecule has 1 aliphatic heterocycles. The van der Waals surface area contributed by atoms with Gasteiger partial charge in [0.05, 0.1) is 18.3 Å². The van der Waals surface area contributed by atoms with Gasteiger partial charge in [-0.2, -0.15) is 5.10 Å². The number of carbonyl (C=O) groups excluding carboxylic acids is 2. The zero-order chi connectivity index (χ0) is 20.5. The first-order valence-corrected chi connectivity index (χ1v) is 9.54. The molecule has 0 bridgehead atoms. The first kappa shape index (κ1) is 19.9. The molecule has 1 N–H and O–H groups in total. The molecule has 1 atom stereocenters. The van der Waals surface area contributed by atoms with Crippen molar-refractivity contribution in [3.8, 4) is 0 Å². The summed E-state index contributed by atoms with van der Waals surface area (Å²) in [4.78, 5) is 27.1. The van der Waals surface area contributed by atoms with Crippen LogP contribution in [0.25, 0.3) is 0 Å². The Morgan fingerprint density at radius 2 is 1.89 bits per heavy atom. The maximum absolute atomic E-state index is 13.0. The van der Waals surface area contributed by atoms with Gasteiger partial charge in [0.2, 0.25) is 0 Å². The van der Waals surface area contributed by atoms with Crippen LogP contribution in [0.2, 0.25) is 0 Å². The molecule has 7 heteroatoms. The van der Waals surface area contributed by atoms with E-state index in [0.29, 0.717) is 25.2 Å². The standard InChI is InChI=1S/C21H28N4O3/c1-14(15-9-7-6-8-10-15)22-19(26)18-16-13-25(20(27)28-21(2,3)4)12-11-17(16)23-24(18)5/h6-10,14H,11-13H2,1-5H3,(H,22,26). The van der Waals surface area contributed by atoms with E-state index < -0.39 is 5.60 Å². The van der Waals surface area contributed by atoms with E-state index in [0.717, 1.165) is 16.8 Å². The number of nitrogens with zero attached hydrogens (tertiary/aromatic N) is 3. The van der Waals surface area contributed by atoms with E-state index in [2.05, 4.69) is 10.4 Å². The molecule has 1 aromatic heterocycles. The normalized spacial score (nSPS) is 15.0. The minimum Gasteiger partial charge on any atom is -0.444 e. The molecule has 7 nitrogen and oxygen atoms in total. The first-order valence-electron chi connectivity index (χ1n) is 9.54. The highest BCUT2D eigenvalue weighted by molar-refractivity contribution is 5.94. The van der Waals surface area contributed by atoms with Crippen molar-refractivity contribution >= 4 is 12.0 Å². The van der Waals surface area contributed by atoms with Crippen LogP contribution < -0.4 is 5.32 Å². The number of nitrogens with one attached hydrogen (secondary N) is 1. The van der Waals surface area contributed by atoms with Crippen LogP contribution in [-0.4, -0.2) is 38.8 Å². The minimum absolute atomic E-state index is 0.134. The van der Waals surface area contributed by atoms with Crippen LogP contribution in [0.15, 0.2) is 30.3 Å². The molecular weight excluding hydrogens is 356 g/mol. The monoisotopic (exact) mass is 384 g/mol. The van der Waals surface area contributed by atoms with Crippen LogP contribution >= 0.6 is 0 Å². The van der Waals surface area contributed by atoms with Gasteiger partial charge in [-0.15, -0.1) is 0 Å². The number of aromatic nitrogens is 2. The predicted octanol–water partition coefficient (Wildman–Crippen LogP) is 3.20. The molecule has 2 heterocycles. The number of hydrogen-bond acceptors (Lipinski definition) is 4. The highest BCUT2D eigenvalue weighted by atomic mass is 16.6. The summed E-state index contributed by atoms with van der Waals surface area (Å²) >= 11 is 0. The Morgan fingerprint density at radius 3 is 2.54 bits per heavy atom. The van der Waals surface area contributed by atoms with Gasteiger partial charge in [0.15, 0.2) is 0 Å². The third kappa shape index (κ3) is 4.35. The summed E-state index contributed by atoms with van der Waals surface area (Å²) in [6.45, 7) is 8.32. The van der Waals surface area contributed by atoms with Gasteiger partial charge in [0.25, 0.3) is 5.91 Å². The second kappa shape index (κ2) is 7.66. The van der Waals surface area contributed by atoms with E-state index in [-0.39, 0.29) is 18.0 Å². The number of ether oxygens (including phenoxy) is 1. The number of rotatable bonds is 3. The van der Waals surface area contributed by atoms with E-state index in [1.165, 1.54) is 0 Å². The first-order chi connectivity index (χ1) is 13.2. The number of fused-ring (bicyclic) bond motifs is 1. The molecule has 1 aliphatic rings. The van der Waals surface area contributed by atoms with E-state index in [1.807, 2.05) is 58.0 Å². The summed E-state index contributed by atoms with van der Waals surface area (Å²) in [5.74, 6) is -0.196. The van der Waals surface area contributed by atoms with E-state index in [1.54, 1.807) is 16.6 Å². The lowest BCUT2D eigenvalue weighted by Crippen LogP contribution is -2.40. The van der Waals surface area contributed by atoms with Gasteiger partial charge in [-0.05, 0) is 33.3 Å². The highest BCUT2D eigenvalue weighted by Gasteiger charge is 2.31. The summed E-state index contributed by atoms with van der Waals surface area (Å²) in [6.07, 6.45) is 0.232. The zero-order valence-corrected chi connectivity index (χ0v) is 17.2. The third-order valence-corrected chi connectivity index (χ3v) is 4.71. The fraction of sp³-hybridized carbons (Fsp3) is 0.476. The van der Waals surface area contributed by atoms with Gasteiger partial charge in [-0.1, -0.05) is 30.3 Å².